The average Bonchev–Trinajstić information content (AvgIpc) is 2.63. The summed E-state index contributed by atoms with van der Waals surface area (Å²) >= 11 is 0. The minimum atomic E-state index is -4.54. The Morgan fingerprint density at radius 3 is 2.32 bits per heavy atom. The van der Waals surface area contributed by atoms with Crippen LogP contribution in [0.1, 0.15) is 21.6 Å². The van der Waals surface area contributed by atoms with Crippen LogP contribution in [-0.4, -0.2) is 10.9 Å². The van der Waals surface area contributed by atoms with Crippen LogP contribution in [0.15, 0.2) is 60.7 Å². The number of hydrogen-bond acceptors (Lipinski definition) is 3. The zero-order valence-corrected chi connectivity index (χ0v) is 14.5. The molecule has 4 nitrogen and oxygen atoms in total. The van der Waals surface area contributed by atoms with E-state index in [-0.39, 0.29) is 22.8 Å². The molecular weight excluding hydrogens is 376 g/mol. The van der Waals surface area contributed by atoms with Crippen molar-refractivity contribution in [3.8, 4) is 11.5 Å². The van der Waals surface area contributed by atoms with E-state index >= 15 is 0 Å². The molecule has 3 rings (SSSR count). The fourth-order valence-electron chi connectivity index (χ4n) is 2.49. The molecule has 1 amide bonds. The van der Waals surface area contributed by atoms with E-state index in [0.717, 1.165) is 12.1 Å². The van der Waals surface area contributed by atoms with E-state index in [0.29, 0.717) is 5.69 Å². The Balaban J connectivity index is 1.73. The number of amides is 1. The van der Waals surface area contributed by atoms with Gasteiger partial charge in [-0.25, -0.2) is 4.98 Å². The molecule has 0 fully saturated rings. The van der Waals surface area contributed by atoms with Crippen molar-refractivity contribution in [3.63, 3.8) is 0 Å². The monoisotopic (exact) mass is 390 g/mol. The second-order valence-corrected chi connectivity index (χ2v) is 5.84. The summed E-state index contributed by atoms with van der Waals surface area (Å²) in [7, 11) is 0. The maximum absolute atomic E-state index is 13.0. The minimum Gasteiger partial charge on any atom is -0.457 e. The van der Waals surface area contributed by atoms with Gasteiger partial charge < -0.3 is 10.1 Å². The maximum Gasteiger partial charge on any atom is 0.419 e. The third-order valence-corrected chi connectivity index (χ3v) is 3.83. The van der Waals surface area contributed by atoms with Crippen LogP contribution < -0.4 is 10.1 Å². The number of pyridine rings is 1. The maximum atomic E-state index is 13.0. The molecule has 2 aromatic carbocycles. The molecule has 1 N–H and O–H groups in total. The zero-order valence-electron chi connectivity index (χ0n) is 14.5. The molecule has 1 aromatic heterocycles. The van der Waals surface area contributed by atoms with Crippen LogP contribution in [0.5, 0.6) is 11.5 Å². The topological polar surface area (TPSA) is 51.2 Å². The molecule has 28 heavy (non-hydrogen) atoms. The van der Waals surface area contributed by atoms with Crippen LogP contribution in [0.25, 0.3) is 0 Å². The lowest BCUT2D eigenvalue weighted by Crippen LogP contribution is -2.14. The van der Waals surface area contributed by atoms with Gasteiger partial charge in [-0.1, -0.05) is 12.1 Å². The number of alkyl halides is 3. The Morgan fingerprint density at radius 1 is 1.00 bits per heavy atom. The molecule has 1 heterocycles. The fourth-order valence-corrected chi connectivity index (χ4v) is 2.49. The number of anilines is 1. The first-order chi connectivity index (χ1) is 13.2. The van der Waals surface area contributed by atoms with Gasteiger partial charge in [0.1, 0.15) is 11.5 Å². The van der Waals surface area contributed by atoms with Gasteiger partial charge in [-0.3, -0.25) is 4.79 Å². The highest BCUT2D eigenvalue weighted by Crippen LogP contribution is 2.38. The summed E-state index contributed by atoms with van der Waals surface area (Å²) in [6.45, 7) is 1.51. The minimum absolute atomic E-state index is 0.175. The highest BCUT2D eigenvalue weighted by atomic mass is 19.4. The van der Waals surface area contributed by atoms with Gasteiger partial charge in [0.2, 0.25) is 5.95 Å². The fraction of sp³-hybridized carbons (Fsp3) is 0.100. The Labute approximate surface area is 157 Å². The second kappa shape index (κ2) is 7.67. The third kappa shape index (κ3) is 4.46. The number of nitrogens with zero attached hydrogens (tertiary/aromatic N) is 1. The smallest absolute Gasteiger partial charge is 0.419 e. The number of nitrogens with one attached hydrogen (secondary N) is 1. The number of rotatable bonds is 4. The Kier molecular flexibility index (Phi) is 5.30. The quantitative estimate of drug-likeness (QED) is 0.467. The van der Waals surface area contributed by atoms with E-state index in [2.05, 4.69) is 10.3 Å². The SMILES string of the molecule is Cc1nc(F)ccc1C(=O)Nc1ccc(Oc2ccccc2C(F)(F)F)cc1. The van der Waals surface area contributed by atoms with Crippen molar-refractivity contribution < 1.29 is 27.1 Å². The Morgan fingerprint density at radius 2 is 1.68 bits per heavy atom. The van der Waals surface area contributed by atoms with Gasteiger partial charge in [0.25, 0.3) is 5.91 Å². The lowest BCUT2D eigenvalue weighted by atomic mass is 10.2. The standard InChI is InChI=1S/C20H14F4N2O2/c1-12-15(10-11-18(21)25-12)19(27)26-13-6-8-14(9-7-13)28-17-5-3-2-4-16(17)20(22,23)24/h2-11H,1H3,(H,26,27). The number of carbonyl (C=O) groups excluding carboxylic acids is 1. The first kappa shape index (κ1) is 19.3. The second-order valence-electron chi connectivity index (χ2n) is 5.84. The summed E-state index contributed by atoms with van der Waals surface area (Å²) in [4.78, 5) is 15.8. The molecule has 0 saturated carbocycles. The number of para-hydroxylation sites is 1. The highest BCUT2D eigenvalue weighted by Gasteiger charge is 2.34. The van der Waals surface area contributed by atoms with Crippen molar-refractivity contribution in [3.05, 3.63) is 83.4 Å². The third-order valence-electron chi connectivity index (χ3n) is 3.83. The zero-order chi connectivity index (χ0) is 20.3. The van der Waals surface area contributed by atoms with Gasteiger partial charge in [0.05, 0.1) is 16.8 Å². The van der Waals surface area contributed by atoms with Gasteiger partial charge in [-0.05, 0) is 55.5 Å². The largest absolute Gasteiger partial charge is 0.457 e. The number of aromatic nitrogens is 1. The number of hydrogen-bond donors (Lipinski definition) is 1. The van der Waals surface area contributed by atoms with Crippen molar-refractivity contribution in [1.82, 2.24) is 4.98 Å². The van der Waals surface area contributed by atoms with Crippen molar-refractivity contribution >= 4 is 11.6 Å². The normalized spacial score (nSPS) is 11.2. The molecule has 0 aliphatic heterocycles. The van der Waals surface area contributed by atoms with E-state index in [9.17, 15) is 22.4 Å². The van der Waals surface area contributed by atoms with E-state index in [1.807, 2.05) is 0 Å². The number of halogens is 4. The molecule has 0 atom stereocenters. The summed E-state index contributed by atoms with van der Waals surface area (Å²) in [5.41, 5.74) is -0.0427. The number of carbonyl (C=O) groups is 1. The summed E-state index contributed by atoms with van der Waals surface area (Å²) in [6, 6.07) is 13.1. The van der Waals surface area contributed by atoms with E-state index in [1.54, 1.807) is 0 Å². The highest BCUT2D eigenvalue weighted by molar-refractivity contribution is 6.04. The van der Waals surface area contributed by atoms with E-state index < -0.39 is 23.6 Å². The molecule has 8 heteroatoms. The van der Waals surface area contributed by atoms with Gasteiger partial charge >= 0.3 is 6.18 Å². The summed E-state index contributed by atoms with van der Waals surface area (Å²) in [5, 5.41) is 2.61. The van der Waals surface area contributed by atoms with Crippen molar-refractivity contribution in [2.75, 3.05) is 5.32 Å². The van der Waals surface area contributed by atoms with Crippen LogP contribution in [-0.2, 0) is 6.18 Å². The van der Waals surface area contributed by atoms with Crippen molar-refractivity contribution in [2.24, 2.45) is 0 Å². The first-order valence-electron chi connectivity index (χ1n) is 8.12. The predicted octanol–water partition coefficient (Wildman–Crippen LogP) is 5.59. The summed E-state index contributed by atoms with van der Waals surface area (Å²) < 4.78 is 57.4. The Hall–Kier alpha value is -3.42. The van der Waals surface area contributed by atoms with Crippen LogP contribution in [0.2, 0.25) is 0 Å². The molecule has 0 spiro atoms. The number of aryl methyl sites for hydroxylation is 1. The van der Waals surface area contributed by atoms with Gasteiger partial charge in [0, 0.05) is 5.69 Å². The molecule has 0 unspecified atom stereocenters. The lowest BCUT2D eigenvalue weighted by Gasteiger charge is -2.14. The molecule has 0 radical (unpaired) electrons. The molecular formula is C20H14F4N2O2. The summed E-state index contributed by atoms with van der Waals surface area (Å²) in [6.07, 6.45) is -4.54. The van der Waals surface area contributed by atoms with Crippen molar-refractivity contribution in [2.45, 2.75) is 13.1 Å². The molecule has 0 bridgehead atoms. The number of ether oxygens (including phenoxy) is 1. The molecule has 0 aliphatic rings. The van der Waals surface area contributed by atoms with Crippen LogP contribution in [0, 0.1) is 12.9 Å². The average molecular weight is 390 g/mol. The van der Waals surface area contributed by atoms with Gasteiger partial charge in [-0.2, -0.15) is 17.6 Å². The van der Waals surface area contributed by atoms with Crippen molar-refractivity contribution in [1.29, 1.82) is 0 Å². The van der Waals surface area contributed by atoms with E-state index in [4.69, 9.17) is 4.74 Å². The molecule has 0 aliphatic carbocycles. The predicted molar refractivity (Wildman–Crippen MR) is 94.8 cm³/mol. The Bertz CT molecular complexity index is 1000. The van der Waals surface area contributed by atoms with Crippen LogP contribution in [0.4, 0.5) is 23.2 Å². The summed E-state index contributed by atoms with van der Waals surface area (Å²) in [5.74, 6) is -1.31. The molecule has 144 valence electrons. The van der Waals surface area contributed by atoms with Crippen LogP contribution in [0.3, 0.4) is 0 Å². The molecule has 3 aromatic rings. The lowest BCUT2D eigenvalue weighted by molar-refractivity contribution is -0.138. The van der Waals surface area contributed by atoms with Gasteiger partial charge in [0.15, 0.2) is 0 Å². The molecule has 0 saturated heterocycles. The number of benzene rings is 2. The van der Waals surface area contributed by atoms with Crippen LogP contribution >= 0.6 is 0 Å². The van der Waals surface area contributed by atoms with Gasteiger partial charge in [-0.15, -0.1) is 0 Å². The van der Waals surface area contributed by atoms with E-state index in [1.165, 1.54) is 55.5 Å². The first-order valence-corrected chi connectivity index (χ1v) is 8.12.